The predicted octanol–water partition coefficient (Wildman–Crippen LogP) is 3.62. The Morgan fingerprint density at radius 1 is 1.31 bits per heavy atom. The van der Waals surface area contributed by atoms with Crippen LogP contribution < -0.4 is 5.32 Å². The molecule has 0 aliphatic rings. The Labute approximate surface area is 157 Å². The summed E-state index contributed by atoms with van der Waals surface area (Å²) in [6, 6.07) is 5.70. The van der Waals surface area contributed by atoms with Crippen LogP contribution in [0.5, 0.6) is 0 Å². The Hall–Kier alpha value is -2.29. The molecule has 1 N–H and O–H groups in total. The molecule has 1 amide bonds. The summed E-state index contributed by atoms with van der Waals surface area (Å²) in [6.45, 7) is 7.01. The molecule has 0 saturated heterocycles. The molecular formula is C18H21N3O3S2. The number of rotatable bonds is 6. The molecule has 0 spiro atoms. The van der Waals surface area contributed by atoms with E-state index >= 15 is 0 Å². The van der Waals surface area contributed by atoms with Crippen molar-refractivity contribution >= 4 is 48.2 Å². The number of aromatic nitrogens is 1. The second-order valence-electron chi connectivity index (χ2n) is 5.83. The minimum absolute atomic E-state index is 0.161. The van der Waals surface area contributed by atoms with E-state index in [9.17, 15) is 13.2 Å². The van der Waals surface area contributed by atoms with Crippen LogP contribution in [0.15, 0.2) is 47.9 Å². The maximum atomic E-state index is 12.0. The fourth-order valence-corrected chi connectivity index (χ4v) is 3.88. The highest BCUT2D eigenvalue weighted by Crippen LogP contribution is 2.29. The van der Waals surface area contributed by atoms with Crippen molar-refractivity contribution in [3.8, 4) is 0 Å². The number of anilines is 1. The van der Waals surface area contributed by atoms with Gasteiger partial charge in [-0.15, -0.1) is 0 Å². The van der Waals surface area contributed by atoms with Crippen molar-refractivity contribution in [1.82, 2.24) is 9.29 Å². The number of carbonyl (C=O) groups is 1. The van der Waals surface area contributed by atoms with Gasteiger partial charge in [0.2, 0.25) is 15.9 Å². The first-order valence-corrected chi connectivity index (χ1v) is 10.0. The van der Waals surface area contributed by atoms with Crippen LogP contribution in [0.4, 0.5) is 5.13 Å². The molecule has 138 valence electrons. The topological polar surface area (TPSA) is 79.4 Å². The monoisotopic (exact) mass is 391 g/mol. The number of benzene rings is 1. The Balaban J connectivity index is 2.20. The maximum Gasteiger partial charge on any atom is 0.238 e. The number of hydrogen-bond acceptors (Lipinski definition) is 5. The summed E-state index contributed by atoms with van der Waals surface area (Å²) >= 11 is 1.39. The lowest BCUT2D eigenvalue weighted by molar-refractivity contribution is -0.114. The molecule has 0 saturated carbocycles. The zero-order chi connectivity index (χ0) is 19.5. The summed E-state index contributed by atoms with van der Waals surface area (Å²) in [5.41, 5.74) is 2.44. The SMILES string of the molecule is C=C(/C=C\C=C(/C)S(=O)(=O)N(C)C)c1ccc2nc(NC(C)=O)sc2c1. The minimum Gasteiger partial charge on any atom is -0.302 e. The van der Waals surface area contributed by atoms with Crippen LogP contribution in [0.1, 0.15) is 19.4 Å². The fraction of sp³-hybridized carbons (Fsp3) is 0.222. The van der Waals surface area contributed by atoms with Gasteiger partial charge in [-0.2, -0.15) is 0 Å². The third-order valence-electron chi connectivity index (χ3n) is 3.56. The van der Waals surface area contributed by atoms with E-state index in [1.165, 1.54) is 36.7 Å². The van der Waals surface area contributed by atoms with Gasteiger partial charge in [0, 0.05) is 21.0 Å². The molecule has 1 aromatic heterocycles. The summed E-state index contributed by atoms with van der Waals surface area (Å²) in [5, 5.41) is 3.23. The maximum absolute atomic E-state index is 12.0. The highest BCUT2D eigenvalue weighted by atomic mass is 32.2. The number of fused-ring (bicyclic) bond motifs is 1. The van der Waals surface area contributed by atoms with Gasteiger partial charge in [-0.3, -0.25) is 4.79 Å². The van der Waals surface area contributed by atoms with Crippen molar-refractivity contribution in [2.75, 3.05) is 19.4 Å². The Morgan fingerprint density at radius 3 is 2.62 bits per heavy atom. The summed E-state index contributed by atoms with van der Waals surface area (Å²) < 4.78 is 26.0. The van der Waals surface area contributed by atoms with Crippen molar-refractivity contribution in [3.05, 3.63) is 53.5 Å². The molecule has 0 aliphatic heterocycles. The Kier molecular flexibility index (Phi) is 6.12. The summed E-state index contributed by atoms with van der Waals surface area (Å²) in [5.74, 6) is -0.161. The highest BCUT2D eigenvalue weighted by molar-refractivity contribution is 7.92. The predicted molar refractivity (Wildman–Crippen MR) is 108 cm³/mol. The molecule has 0 bridgehead atoms. The van der Waals surface area contributed by atoms with E-state index < -0.39 is 10.0 Å². The molecule has 0 fully saturated rings. The van der Waals surface area contributed by atoms with E-state index in [1.54, 1.807) is 25.2 Å². The van der Waals surface area contributed by atoms with Gasteiger partial charge >= 0.3 is 0 Å². The van der Waals surface area contributed by atoms with Gasteiger partial charge in [-0.1, -0.05) is 36.1 Å². The normalized spacial score (nSPS) is 12.9. The quantitative estimate of drug-likeness (QED) is 0.763. The first kappa shape index (κ1) is 20.0. The van der Waals surface area contributed by atoms with E-state index in [1.807, 2.05) is 18.2 Å². The van der Waals surface area contributed by atoms with Gasteiger partial charge in [-0.05, 0) is 36.3 Å². The van der Waals surface area contributed by atoms with Gasteiger partial charge in [-0.25, -0.2) is 17.7 Å². The molecule has 6 nitrogen and oxygen atoms in total. The van der Waals surface area contributed by atoms with Crippen molar-refractivity contribution in [2.45, 2.75) is 13.8 Å². The smallest absolute Gasteiger partial charge is 0.238 e. The van der Waals surface area contributed by atoms with Crippen molar-refractivity contribution in [3.63, 3.8) is 0 Å². The van der Waals surface area contributed by atoms with Crippen molar-refractivity contribution < 1.29 is 13.2 Å². The minimum atomic E-state index is -3.40. The standard InChI is InChI=1S/C18H21N3O3S2/c1-12(7-6-8-13(2)26(23,24)21(4)5)15-9-10-16-17(11-15)25-18(20-16)19-14(3)22/h6-11H,1H2,2-5H3,(H,19,20,22)/b7-6-,13-8+. The average molecular weight is 392 g/mol. The molecule has 26 heavy (non-hydrogen) atoms. The molecule has 0 radical (unpaired) electrons. The Morgan fingerprint density at radius 2 is 2.00 bits per heavy atom. The van der Waals surface area contributed by atoms with E-state index in [0.29, 0.717) is 5.13 Å². The molecule has 2 rings (SSSR count). The van der Waals surface area contributed by atoms with E-state index in [4.69, 9.17) is 0 Å². The van der Waals surface area contributed by atoms with Crippen LogP contribution in [-0.4, -0.2) is 37.7 Å². The lowest BCUT2D eigenvalue weighted by Gasteiger charge is -2.10. The summed E-state index contributed by atoms with van der Waals surface area (Å²) in [7, 11) is -0.413. The zero-order valence-corrected chi connectivity index (χ0v) is 16.7. The Bertz CT molecular complexity index is 1020. The van der Waals surface area contributed by atoms with Gasteiger partial charge in [0.15, 0.2) is 5.13 Å². The molecule has 0 unspecified atom stereocenters. The number of thiazole rings is 1. The second kappa shape index (κ2) is 7.94. The van der Waals surface area contributed by atoms with Gasteiger partial charge in [0.05, 0.1) is 15.1 Å². The summed E-state index contributed by atoms with van der Waals surface area (Å²) in [4.78, 5) is 15.7. The number of allylic oxidation sites excluding steroid dienone is 5. The largest absolute Gasteiger partial charge is 0.302 e. The van der Waals surface area contributed by atoms with Crippen LogP contribution in [0, 0.1) is 0 Å². The van der Waals surface area contributed by atoms with E-state index in [0.717, 1.165) is 21.4 Å². The zero-order valence-electron chi connectivity index (χ0n) is 15.1. The highest BCUT2D eigenvalue weighted by Gasteiger charge is 2.15. The van der Waals surface area contributed by atoms with Crippen LogP contribution in [-0.2, 0) is 14.8 Å². The number of nitrogens with one attached hydrogen (secondary N) is 1. The second-order valence-corrected chi connectivity index (χ2v) is 9.19. The van der Waals surface area contributed by atoms with Crippen molar-refractivity contribution in [1.29, 1.82) is 0 Å². The van der Waals surface area contributed by atoms with Gasteiger partial charge in [0.1, 0.15) is 0 Å². The molecule has 2 aromatic rings. The van der Waals surface area contributed by atoms with Crippen LogP contribution in [0.3, 0.4) is 0 Å². The van der Waals surface area contributed by atoms with Crippen LogP contribution >= 0.6 is 11.3 Å². The number of carbonyl (C=O) groups excluding carboxylic acids is 1. The molecule has 1 aromatic carbocycles. The average Bonchev–Trinajstić information content (AvgIpc) is 2.94. The number of amides is 1. The lowest BCUT2D eigenvalue weighted by Crippen LogP contribution is -2.22. The van der Waals surface area contributed by atoms with Gasteiger partial charge < -0.3 is 5.32 Å². The van der Waals surface area contributed by atoms with Crippen LogP contribution in [0.25, 0.3) is 15.8 Å². The van der Waals surface area contributed by atoms with Gasteiger partial charge in [0.25, 0.3) is 0 Å². The summed E-state index contributed by atoms with van der Waals surface area (Å²) in [6.07, 6.45) is 4.96. The molecule has 0 aliphatic carbocycles. The first-order chi connectivity index (χ1) is 12.1. The molecule has 8 heteroatoms. The first-order valence-electron chi connectivity index (χ1n) is 7.76. The molecule has 1 heterocycles. The third kappa shape index (κ3) is 4.66. The fourth-order valence-electron chi connectivity index (χ4n) is 2.10. The van der Waals surface area contributed by atoms with E-state index in [-0.39, 0.29) is 10.8 Å². The molecule has 0 atom stereocenters. The third-order valence-corrected chi connectivity index (χ3v) is 6.40. The van der Waals surface area contributed by atoms with E-state index in [2.05, 4.69) is 16.9 Å². The number of sulfonamides is 1. The van der Waals surface area contributed by atoms with Crippen molar-refractivity contribution in [2.24, 2.45) is 0 Å². The number of hydrogen-bond donors (Lipinski definition) is 1. The number of nitrogens with zero attached hydrogens (tertiary/aromatic N) is 2. The molecular weight excluding hydrogens is 370 g/mol. The van der Waals surface area contributed by atoms with Crippen LogP contribution in [0.2, 0.25) is 0 Å². The lowest BCUT2D eigenvalue weighted by atomic mass is 10.1.